The molecule has 0 aliphatic carbocycles. The molecule has 1 aromatic heterocycles. The zero-order valence-corrected chi connectivity index (χ0v) is 14.6. The maximum Gasteiger partial charge on any atom is 0.274 e. The van der Waals surface area contributed by atoms with Gasteiger partial charge in [0.05, 0.1) is 11.9 Å². The van der Waals surface area contributed by atoms with Crippen molar-refractivity contribution in [3.63, 3.8) is 0 Å². The lowest BCUT2D eigenvalue weighted by molar-refractivity contribution is 0.102. The van der Waals surface area contributed by atoms with E-state index in [9.17, 15) is 9.18 Å². The normalized spacial score (nSPS) is 10.4. The molecule has 0 unspecified atom stereocenters. The van der Waals surface area contributed by atoms with Crippen LogP contribution in [0.4, 0.5) is 15.8 Å². The summed E-state index contributed by atoms with van der Waals surface area (Å²) in [6.07, 6.45) is 2.14. The first-order valence-corrected chi connectivity index (χ1v) is 8.50. The van der Waals surface area contributed by atoms with E-state index in [4.69, 9.17) is 11.6 Å². The number of carbonyl (C=O) groups excluding carboxylic acids is 1. The molecule has 0 aliphatic heterocycles. The summed E-state index contributed by atoms with van der Waals surface area (Å²) in [5, 5.41) is 6.45. The third-order valence-corrected chi connectivity index (χ3v) is 4.00. The van der Waals surface area contributed by atoms with Gasteiger partial charge in [0.2, 0.25) is 0 Å². The molecule has 26 heavy (non-hydrogen) atoms. The predicted octanol–water partition coefficient (Wildman–Crippen LogP) is 4.78. The van der Waals surface area contributed by atoms with E-state index in [1.165, 1.54) is 6.07 Å². The third kappa shape index (κ3) is 4.80. The molecule has 1 heterocycles. The molecule has 0 saturated heterocycles. The minimum absolute atomic E-state index is 0.208. The molecule has 3 aromatic rings. The molecule has 1 amide bonds. The van der Waals surface area contributed by atoms with Crippen LogP contribution in [0, 0.1) is 5.82 Å². The van der Waals surface area contributed by atoms with Crippen LogP contribution in [0.15, 0.2) is 66.9 Å². The van der Waals surface area contributed by atoms with Crippen LogP contribution < -0.4 is 10.6 Å². The van der Waals surface area contributed by atoms with Gasteiger partial charge >= 0.3 is 0 Å². The van der Waals surface area contributed by atoms with E-state index in [2.05, 4.69) is 15.6 Å². The predicted molar refractivity (Wildman–Crippen MR) is 102 cm³/mol. The average molecular weight is 370 g/mol. The number of hydrogen-bond acceptors (Lipinski definition) is 3. The summed E-state index contributed by atoms with van der Waals surface area (Å²) in [4.78, 5) is 16.4. The monoisotopic (exact) mass is 369 g/mol. The van der Waals surface area contributed by atoms with Crippen molar-refractivity contribution in [2.24, 2.45) is 0 Å². The van der Waals surface area contributed by atoms with Crippen molar-refractivity contribution >= 4 is 28.9 Å². The number of pyridine rings is 1. The molecular formula is C20H17ClFN3O. The number of benzene rings is 2. The van der Waals surface area contributed by atoms with Crippen LogP contribution >= 0.6 is 11.6 Å². The molecule has 0 fully saturated rings. The van der Waals surface area contributed by atoms with Gasteiger partial charge in [-0.3, -0.25) is 4.79 Å². The van der Waals surface area contributed by atoms with E-state index >= 15 is 0 Å². The van der Waals surface area contributed by atoms with Crippen LogP contribution in [0.2, 0.25) is 5.02 Å². The topological polar surface area (TPSA) is 54.0 Å². The first-order valence-electron chi connectivity index (χ1n) is 8.12. The third-order valence-electron chi connectivity index (χ3n) is 3.76. The number of amides is 1. The Kier molecular flexibility index (Phi) is 5.81. The Morgan fingerprint density at radius 3 is 2.62 bits per heavy atom. The van der Waals surface area contributed by atoms with Crippen LogP contribution in [-0.4, -0.2) is 17.4 Å². The quantitative estimate of drug-likeness (QED) is 0.657. The van der Waals surface area contributed by atoms with E-state index in [1.54, 1.807) is 54.7 Å². The van der Waals surface area contributed by atoms with Gasteiger partial charge in [0.1, 0.15) is 11.5 Å². The number of anilines is 2. The smallest absolute Gasteiger partial charge is 0.274 e. The number of aromatic nitrogens is 1. The Balaban J connectivity index is 1.54. The first-order chi connectivity index (χ1) is 12.6. The summed E-state index contributed by atoms with van der Waals surface area (Å²) in [5.74, 6) is -0.523. The van der Waals surface area contributed by atoms with Crippen molar-refractivity contribution in [2.75, 3.05) is 17.2 Å². The fourth-order valence-electron chi connectivity index (χ4n) is 2.44. The molecule has 0 saturated carbocycles. The lowest BCUT2D eigenvalue weighted by Gasteiger charge is -2.08. The van der Waals surface area contributed by atoms with Gasteiger partial charge in [-0.2, -0.15) is 0 Å². The number of rotatable bonds is 6. The van der Waals surface area contributed by atoms with Crippen molar-refractivity contribution in [1.29, 1.82) is 0 Å². The maximum atomic E-state index is 13.6. The van der Waals surface area contributed by atoms with Gasteiger partial charge in [-0.1, -0.05) is 35.9 Å². The van der Waals surface area contributed by atoms with Gasteiger partial charge in [-0.15, -0.1) is 0 Å². The number of hydrogen-bond donors (Lipinski definition) is 2. The SMILES string of the molecule is O=C(Nc1cccc(Cl)c1)c1ccc(NCCc2ccccc2F)cn1. The first kappa shape index (κ1) is 17.9. The highest BCUT2D eigenvalue weighted by molar-refractivity contribution is 6.30. The summed E-state index contributed by atoms with van der Waals surface area (Å²) >= 11 is 5.90. The standard InChI is InChI=1S/C20H17ClFN3O/c21-15-5-3-6-16(12-15)25-20(26)19-9-8-17(13-24-19)23-11-10-14-4-1-2-7-18(14)22/h1-9,12-13,23H,10-11H2,(H,25,26). The van der Waals surface area contributed by atoms with E-state index in [0.717, 1.165) is 5.69 Å². The van der Waals surface area contributed by atoms with Gasteiger partial charge in [0.15, 0.2) is 0 Å². The summed E-state index contributed by atoms with van der Waals surface area (Å²) in [6, 6.07) is 17.0. The zero-order valence-electron chi connectivity index (χ0n) is 13.9. The van der Waals surface area contributed by atoms with Crippen LogP contribution in [-0.2, 0) is 6.42 Å². The van der Waals surface area contributed by atoms with Crippen molar-refractivity contribution < 1.29 is 9.18 Å². The van der Waals surface area contributed by atoms with Gasteiger partial charge in [0, 0.05) is 17.3 Å². The second kappa shape index (κ2) is 8.45. The molecular weight excluding hydrogens is 353 g/mol. The Morgan fingerprint density at radius 2 is 1.88 bits per heavy atom. The minimum atomic E-state index is -0.315. The van der Waals surface area contributed by atoms with Crippen LogP contribution in [0.3, 0.4) is 0 Å². The number of nitrogens with zero attached hydrogens (tertiary/aromatic N) is 1. The number of carbonyl (C=O) groups is 1. The molecule has 4 nitrogen and oxygen atoms in total. The number of nitrogens with one attached hydrogen (secondary N) is 2. The van der Waals surface area contributed by atoms with Gasteiger partial charge in [0.25, 0.3) is 5.91 Å². The van der Waals surface area contributed by atoms with Crippen LogP contribution in [0.1, 0.15) is 16.1 Å². The van der Waals surface area contributed by atoms with Gasteiger partial charge in [-0.05, 0) is 48.4 Å². The molecule has 132 valence electrons. The Morgan fingerprint density at radius 1 is 1.04 bits per heavy atom. The second-order valence-corrected chi connectivity index (χ2v) is 6.10. The van der Waals surface area contributed by atoms with Crippen molar-refractivity contribution in [1.82, 2.24) is 4.98 Å². The fourth-order valence-corrected chi connectivity index (χ4v) is 2.63. The van der Waals surface area contributed by atoms with Gasteiger partial charge < -0.3 is 10.6 Å². The Hall–Kier alpha value is -2.92. The highest BCUT2D eigenvalue weighted by Gasteiger charge is 2.08. The lowest BCUT2D eigenvalue weighted by Crippen LogP contribution is -2.14. The zero-order chi connectivity index (χ0) is 18.4. The summed E-state index contributed by atoms with van der Waals surface area (Å²) < 4.78 is 13.6. The lowest BCUT2D eigenvalue weighted by atomic mass is 10.1. The Bertz CT molecular complexity index is 900. The van der Waals surface area contributed by atoms with E-state index < -0.39 is 0 Å². The molecule has 0 radical (unpaired) electrons. The molecule has 3 rings (SSSR count). The van der Waals surface area contributed by atoms with Crippen LogP contribution in [0.25, 0.3) is 0 Å². The molecule has 6 heteroatoms. The molecule has 0 atom stereocenters. The second-order valence-electron chi connectivity index (χ2n) is 5.66. The van der Waals surface area contributed by atoms with E-state index in [-0.39, 0.29) is 11.7 Å². The highest BCUT2D eigenvalue weighted by atomic mass is 35.5. The summed E-state index contributed by atoms with van der Waals surface area (Å²) in [6.45, 7) is 0.566. The Labute approximate surface area is 156 Å². The average Bonchev–Trinajstić information content (AvgIpc) is 2.64. The molecule has 0 aliphatic rings. The van der Waals surface area contributed by atoms with Crippen LogP contribution in [0.5, 0.6) is 0 Å². The molecule has 0 bridgehead atoms. The van der Waals surface area contributed by atoms with Crippen molar-refractivity contribution in [3.8, 4) is 0 Å². The largest absolute Gasteiger partial charge is 0.383 e. The maximum absolute atomic E-state index is 13.6. The van der Waals surface area contributed by atoms with Crippen molar-refractivity contribution in [3.05, 3.63) is 89.0 Å². The highest BCUT2D eigenvalue weighted by Crippen LogP contribution is 2.16. The van der Waals surface area contributed by atoms with E-state index in [0.29, 0.717) is 34.9 Å². The summed E-state index contributed by atoms with van der Waals surface area (Å²) in [5.41, 5.74) is 2.33. The van der Waals surface area contributed by atoms with Gasteiger partial charge in [-0.25, -0.2) is 9.37 Å². The molecule has 2 aromatic carbocycles. The molecule has 0 spiro atoms. The molecule has 2 N–H and O–H groups in total. The number of halogens is 2. The minimum Gasteiger partial charge on any atom is -0.383 e. The summed E-state index contributed by atoms with van der Waals surface area (Å²) in [7, 11) is 0. The van der Waals surface area contributed by atoms with Crippen molar-refractivity contribution in [2.45, 2.75) is 6.42 Å². The van der Waals surface area contributed by atoms with E-state index in [1.807, 2.05) is 6.07 Å². The fraction of sp³-hybridized carbons (Fsp3) is 0.100.